The van der Waals surface area contributed by atoms with Crippen LogP contribution in [0.1, 0.15) is 52.4 Å². The van der Waals surface area contributed by atoms with Crippen molar-refractivity contribution < 1.29 is 5.11 Å². The smallest absolute Gasteiger partial charge is 0.217 e. The van der Waals surface area contributed by atoms with Crippen LogP contribution in [-0.4, -0.2) is 64.2 Å². The predicted octanol–water partition coefficient (Wildman–Crippen LogP) is 4.52. The molecular weight excluding hydrogens is 251 g/mol. The van der Waals surface area contributed by atoms with Crippen LogP contribution in [-0.2, 0) is 0 Å². The summed E-state index contributed by atoms with van der Waals surface area (Å²) in [5.41, 5.74) is 0. The first-order chi connectivity index (χ1) is 7.18. The van der Waals surface area contributed by atoms with Gasteiger partial charge in [0.15, 0.2) is 0 Å². The van der Waals surface area contributed by atoms with E-state index in [4.69, 9.17) is 5.11 Å². The number of aliphatic hydroxyl groups is 1. The van der Waals surface area contributed by atoms with Crippen molar-refractivity contribution in [3.8, 4) is 0 Å². The molecular formula is C11H23KOS2. The van der Waals surface area contributed by atoms with Crippen LogP contribution in [0.25, 0.3) is 0 Å². The molecule has 0 radical (unpaired) electrons. The second-order valence-corrected chi connectivity index (χ2v) is 6.93. The van der Waals surface area contributed by atoms with Gasteiger partial charge in [0, 0.05) is 0 Å². The van der Waals surface area contributed by atoms with Crippen molar-refractivity contribution in [3.05, 3.63) is 0 Å². The zero-order valence-electron chi connectivity index (χ0n) is 10.4. The molecule has 0 rings (SSSR count). The fourth-order valence-electron chi connectivity index (χ4n) is 1.15. The largest absolute Gasteiger partial charge is 0.494 e. The average molecular weight is 275 g/mol. The zero-order chi connectivity index (χ0) is 11.9. The molecule has 0 amide bonds. The SMILES string of the molecule is CCCCCCC[CH2][K].CCSC(O)=S. The van der Waals surface area contributed by atoms with Crippen LogP contribution < -0.4 is 0 Å². The maximum absolute atomic E-state index is 8.25. The maximum atomic E-state index is 8.25. The summed E-state index contributed by atoms with van der Waals surface area (Å²) >= 11 is 6.70. The summed E-state index contributed by atoms with van der Waals surface area (Å²) in [6.07, 6.45) is 8.81. The van der Waals surface area contributed by atoms with Gasteiger partial charge in [0.05, 0.1) is 0 Å². The standard InChI is InChI=1S/C8H17.C3H6OS2.K/c1-3-5-7-8-6-4-2;1-2-6-3(4)5;/h1,3-8H2,2H3;2H2,1H3,(H,4,5);. The van der Waals surface area contributed by atoms with Gasteiger partial charge in [-0.05, 0) is 18.0 Å². The predicted molar refractivity (Wildman–Crippen MR) is 77.3 cm³/mol. The second-order valence-electron chi connectivity index (χ2n) is 3.47. The van der Waals surface area contributed by atoms with Crippen LogP contribution in [0.15, 0.2) is 0 Å². The number of hydrogen-bond donors (Lipinski definition) is 1. The van der Waals surface area contributed by atoms with E-state index < -0.39 is 0 Å². The molecule has 1 N–H and O–H groups in total. The van der Waals surface area contributed by atoms with E-state index in [0.717, 1.165) is 54.7 Å². The Labute approximate surface area is 139 Å². The first kappa shape index (κ1) is 19.2. The minimum absolute atomic E-state index is 0.0394. The van der Waals surface area contributed by atoms with E-state index in [2.05, 4.69) is 19.1 Å². The number of unbranched alkanes of at least 4 members (excludes halogenated alkanes) is 5. The molecule has 0 heterocycles. The van der Waals surface area contributed by atoms with Gasteiger partial charge in [0.1, 0.15) is 0 Å². The van der Waals surface area contributed by atoms with Crippen molar-refractivity contribution >= 4 is 77.3 Å². The third kappa shape index (κ3) is 25.8. The summed E-state index contributed by atoms with van der Waals surface area (Å²) in [4.78, 5) is 0. The van der Waals surface area contributed by atoms with E-state index in [1.807, 2.05) is 6.92 Å². The van der Waals surface area contributed by atoms with Crippen LogP contribution in [0.3, 0.4) is 0 Å². The Hall–Kier alpha value is 1.88. The molecule has 0 fully saturated rings. The van der Waals surface area contributed by atoms with Crippen LogP contribution in [0.5, 0.6) is 0 Å². The number of thioether (sulfide) groups is 1. The Morgan fingerprint density at radius 3 is 2.00 bits per heavy atom. The van der Waals surface area contributed by atoms with E-state index >= 15 is 0 Å². The molecule has 0 aromatic carbocycles. The van der Waals surface area contributed by atoms with Gasteiger partial charge < -0.3 is 5.11 Å². The number of aliphatic hydroxyl groups excluding tert-OH is 1. The normalized spacial score (nSPS) is 9.33. The zero-order valence-corrected chi connectivity index (χ0v) is 15.2. The van der Waals surface area contributed by atoms with E-state index in [0.29, 0.717) is 0 Å². The van der Waals surface area contributed by atoms with Crippen molar-refractivity contribution in [2.75, 3.05) is 5.75 Å². The van der Waals surface area contributed by atoms with Crippen molar-refractivity contribution in [3.63, 3.8) is 0 Å². The van der Waals surface area contributed by atoms with Gasteiger partial charge in [0.2, 0.25) is 4.38 Å². The minimum Gasteiger partial charge on any atom is -0.494 e. The minimum atomic E-state index is 0.0394. The molecule has 0 aliphatic rings. The van der Waals surface area contributed by atoms with Crippen LogP contribution in [0.2, 0.25) is 0.515 Å². The Morgan fingerprint density at radius 2 is 1.67 bits per heavy atom. The molecule has 0 bridgehead atoms. The molecule has 0 aromatic heterocycles. The van der Waals surface area contributed by atoms with E-state index in [-0.39, 0.29) is 4.38 Å². The van der Waals surface area contributed by atoms with E-state index in [1.54, 1.807) is 0.515 Å². The Kier molecular flexibility index (Phi) is 23.4. The molecule has 0 aliphatic heterocycles. The van der Waals surface area contributed by atoms with Crippen LogP contribution in [0, 0.1) is 0 Å². The molecule has 0 unspecified atom stereocenters. The molecule has 0 spiro atoms. The molecule has 0 atom stereocenters. The third-order valence-electron chi connectivity index (χ3n) is 1.97. The van der Waals surface area contributed by atoms with Gasteiger partial charge in [-0.25, -0.2) is 0 Å². The molecule has 86 valence electrons. The summed E-state index contributed by atoms with van der Waals surface area (Å²) in [7, 11) is 0. The molecule has 1 nitrogen and oxygen atoms in total. The summed E-state index contributed by atoms with van der Waals surface area (Å²) in [5.74, 6) is 0.856. The fraction of sp³-hybridized carbons (Fsp3) is 0.909. The van der Waals surface area contributed by atoms with Crippen molar-refractivity contribution in [1.82, 2.24) is 0 Å². The first-order valence-electron chi connectivity index (χ1n) is 6.04. The van der Waals surface area contributed by atoms with Crippen molar-refractivity contribution in [2.45, 2.75) is 52.9 Å². The Bertz CT molecular complexity index is 126. The second kappa shape index (κ2) is 18.2. The van der Waals surface area contributed by atoms with E-state index in [9.17, 15) is 0 Å². The molecule has 0 aromatic rings. The summed E-state index contributed by atoms with van der Waals surface area (Å²) < 4.78 is 1.59. The summed E-state index contributed by atoms with van der Waals surface area (Å²) in [6, 6.07) is 0. The number of hydrogen-bond acceptors (Lipinski definition) is 2. The van der Waals surface area contributed by atoms with Crippen LogP contribution >= 0.6 is 24.0 Å². The molecule has 4 heteroatoms. The van der Waals surface area contributed by atoms with Crippen molar-refractivity contribution in [2.24, 2.45) is 0 Å². The quantitative estimate of drug-likeness (QED) is 0.419. The summed E-state index contributed by atoms with van der Waals surface area (Å²) in [5, 5.41) is 8.25. The topological polar surface area (TPSA) is 20.2 Å². The Balaban J connectivity index is 0. The third-order valence-corrected chi connectivity index (χ3v) is 3.97. The van der Waals surface area contributed by atoms with Crippen molar-refractivity contribution in [1.29, 1.82) is 0 Å². The first-order valence-corrected chi connectivity index (χ1v) is 9.64. The van der Waals surface area contributed by atoms with Gasteiger partial charge in [0.25, 0.3) is 0 Å². The molecule has 0 saturated carbocycles. The van der Waals surface area contributed by atoms with Gasteiger partial charge in [-0.2, -0.15) is 0 Å². The molecule has 0 saturated heterocycles. The van der Waals surface area contributed by atoms with Gasteiger partial charge >= 0.3 is 94.9 Å². The van der Waals surface area contributed by atoms with Gasteiger partial charge in [-0.15, -0.1) is 0 Å². The average Bonchev–Trinajstić information content (AvgIpc) is 2.18. The molecule has 0 aliphatic carbocycles. The van der Waals surface area contributed by atoms with Gasteiger partial charge in [-0.3, -0.25) is 0 Å². The van der Waals surface area contributed by atoms with Gasteiger partial charge in [-0.1, -0.05) is 18.7 Å². The van der Waals surface area contributed by atoms with Crippen LogP contribution in [0.4, 0.5) is 0 Å². The maximum Gasteiger partial charge on any atom is 0.217 e. The monoisotopic (exact) mass is 274 g/mol. The number of thiocarbonyl (C=S) groups is 1. The Morgan fingerprint density at radius 1 is 1.13 bits per heavy atom. The number of rotatable bonds is 7. The molecule has 15 heavy (non-hydrogen) atoms. The summed E-state index contributed by atoms with van der Waals surface area (Å²) in [6.45, 7) is 4.21. The van der Waals surface area contributed by atoms with E-state index in [1.165, 1.54) is 50.3 Å². The fourth-order valence-corrected chi connectivity index (χ4v) is 2.54.